The van der Waals surface area contributed by atoms with Crippen molar-refractivity contribution in [2.45, 2.75) is 51.1 Å². The van der Waals surface area contributed by atoms with Crippen LogP contribution in [0.25, 0.3) is 0 Å². The van der Waals surface area contributed by atoms with Crippen molar-refractivity contribution in [3.05, 3.63) is 35.6 Å². The van der Waals surface area contributed by atoms with Gasteiger partial charge in [0.25, 0.3) is 0 Å². The zero-order valence-corrected chi connectivity index (χ0v) is 16.5. The third-order valence-corrected chi connectivity index (χ3v) is 5.79. The van der Waals surface area contributed by atoms with Crippen molar-refractivity contribution >= 4 is 6.03 Å². The lowest BCUT2D eigenvalue weighted by atomic mass is 10.0. The monoisotopic (exact) mass is 377 g/mol. The lowest BCUT2D eigenvalue weighted by Gasteiger charge is -2.41. The molecular weight excluding hydrogens is 345 g/mol. The number of hydrogen-bond donors (Lipinski definition) is 1. The van der Waals surface area contributed by atoms with E-state index >= 15 is 0 Å². The molecule has 2 heterocycles. The molecule has 1 atom stereocenters. The summed E-state index contributed by atoms with van der Waals surface area (Å²) >= 11 is 0. The molecule has 0 aliphatic carbocycles. The van der Waals surface area contributed by atoms with Gasteiger partial charge in [-0.15, -0.1) is 0 Å². The number of hydrogen-bond acceptors (Lipinski definition) is 3. The van der Waals surface area contributed by atoms with E-state index < -0.39 is 0 Å². The van der Waals surface area contributed by atoms with E-state index in [1.165, 1.54) is 6.07 Å². The molecule has 27 heavy (non-hydrogen) atoms. The van der Waals surface area contributed by atoms with Crippen LogP contribution in [0.5, 0.6) is 0 Å². The van der Waals surface area contributed by atoms with Crippen molar-refractivity contribution in [3.8, 4) is 0 Å². The van der Waals surface area contributed by atoms with Gasteiger partial charge in [0, 0.05) is 31.7 Å². The summed E-state index contributed by atoms with van der Waals surface area (Å²) in [7, 11) is 0. The minimum absolute atomic E-state index is 0.0486. The van der Waals surface area contributed by atoms with E-state index in [-0.39, 0.29) is 23.4 Å². The molecule has 2 amide bonds. The maximum atomic E-state index is 13.7. The predicted octanol–water partition coefficient (Wildman–Crippen LogP) is 3.56. The van der Waals surface area contributed by atoms with Crippen LogP contribution in [0.3, 0.4) is 0 Å². The van der Waals surface area contributed by atoms with Gasteiger partial charge in [-0.25, -0.2) is 9.18 Å². The maximum absolute atomic E-state index is 13.7. The Morgan fingerprint density at radius 2 is 2.00 bits per heavy atom. The first kappa shape index (κ1) is 20.1. The van der Waals surface area contributed by atoms with Crippen LogP contribution in [-0.4, -0.2) is 60.8 Å². The molecular formula is C21H32FN3O2. The number of amides is 2. The Morgan fingerprint density at radius 3 is 2.74 bits per heavy atom. The molecule has 2 saturated heterocycles. The fraction of sp³-hybridized carbons (Fsp3) is 0.667. The van der Waals surface area contributed by atoms with Crippen LogP contribution in [0.4, 0.5) is 9.18 Å². The summed E-state index contributed by atoms with van der Waals surface area (Å²) < 4.78 is 19.2. The van der Waals surface area contributed by atoms with E-state index in [2.05, 4.69) is 24.1 Å². The molecule has 1 aromatic rings. The van der Waals surface area contributed by atoms with Crippen molar-refractivity contribution in [1.29, 1.82) is 0 Å². The van der Waals surface area contributed by atoms with E-state index in [4.69, 9.17) is 4.74 Å². The predicted molar refractivity (Wildman–Crippen MR) is 104 cm³/mol. The highest BCUT2D eigenvalue weighted by molar-refractivity contribution is 5.75. The third kappa shape index (κ3) is 5.20. The molecule has 0 radical (unpaired) electrons. The molecule has 2 fully saturated rings. The highest BCUT2D eigenvalue weighted by atomic mass is 19.1. The fourth-order valence-electron chi connectivity index (χ4n) is 4.09. The first-order chi connectivity index (χ1) is 13.0. The number of carbonyl (C=O) groups is 1. The van der Waals surface area contributed by atoms with Crippen LogP contribution < -0.4 is 5.32 Å². The largest absolute Gasteiger partial charge is 0.379 e. The number of benzene rings is 1. The number of nitrogens with one attached hydrogen (secondary N) is 1. The number of rotatable bonds is 4. The smallest absolute Gasteiger partial charge is 0.317 e. The van der Waals surface area contributed by atoms with E-state index in [0.29, 0.717) is 13.1 Å². The lowest BCUT2D eigenvalue weighted by Crippen LogP contribution is -2.56. The number of urea groups is 1. The van der Waals surface area contributed by atoms with E-state index in [0.717, 1.165) is 57.6 Å². The summed E-state index contributed by atoms with van der Waals surface area (Å²) in [5.41, 5.74) is 0.763. The summed E-state index contributed by atoms with van der Waals surface area (Å²) in [4.78, 5) is 17.3. The summed E-state index contributed by atoms with van der Waals surface area (Å²) in [5.74, 6) is -0.245. The molecule has 2 aliphatic heterocycles. The fourth-order valence-corrected chi connectivity index (χ4v) is 4.09. The Hall–Kier alpha value is -1.66. The lowest BCUT2D eigenvalue weighted by molar-refractivity contribution is -0.00915. The van der Waals surface area contributed by atoms with Gasteiger partial charge in [-0.3, -0.25) is 4.90 Å². The molecule has 0 saturated carbocycles. The Balaban J connectivity index is 1.66. The molecule has 0 bridgehead atoms. The van der Waals surface area contributed by atoms with Crippen molar-refractivity contribution < 1.29 is 13.9 Å². The van der Waals surface area contributed by atoms with Crippen LogP contribution in [-0.2, 0) is 4.74 Å². The average Bonchev–Trinajstić information content (AvgIpc) is 2.93. The minimum Gasteiger partial charge on any atom is -0.379 e. The number of carbonyl (C=O) groups excluding carboxylic acids is 1. The second kappa shape index (κ2) is 9.02. The minimum atomic E-state index is -0.245. The van der Waals surface area contributed by atoms with Crippen LogP contribution in [0.15, 0.2) is 24.3 Å². The quantitative estimate of drug-likeness (QED) is 0.873. The van der Waals surface area contributed by atoms with Gasteiger partial charge in [-0.1, -0.05) is 25.0 Å². The van der Waals surface area contributed by atoms with Gasteiger partial charge in [-0.2, -0.15) is 0 Å². The SMILES string of the molecule is CC(C)(CNC(=O)N1CCCCC[C@H]1c1cccc(F)c1)N1CCOCC1. The van der Waals surface area contributed by atoms with Crippen molar-refractivity contribution in [2.75, 3.05) is 39.4 Å². The van der Waals surface area contributed by atoms with Gasteiger partial charge in [0.1, 0.15) is 5.82 Å². The molecule has 0 aromatic heterocycles. The molecule has 5 nitrogen and oxygen atoms in total. The summed E-state index contributed by atoms with van der Waals surface area (Å²) in [6.45, 7) is 8.87. The van der Waals surface area contributed by atoms with E-state index in [1.54, 1.807) is 12.1 Å². The number of halogens is 1. The normalized spacial score (nSPS) is 22.3. The van der Waals surface area contributed by atoms with Gasteiger partial charge in [-0.05, 0) is 44.4 Å². The summed E-state index contributed by atoms with van der Waals surface area (Å²) in [5, 5.41) is 3.14. The Kier molecular flexibility index (Phi) is 6.71. The Labute approximate surface area is 161 Å². The molecule has 1 aromatic carbocycles. The zero-order valence-electron chi connectivity index (χ0n) is 16.5. The van der Waals surface area contributed by atoms with Crippen molar-refractivity contribution in [1.82, 2.24) is 15.1 Å². The van der Waals surface area contributed by atoms with Crippen LogP contribution in [0, 0.1) is 5.82 Å². The second-order valence-corrected chi connectivity index (χ2v) is 8.18. The topological polar surface area (TPSA) is 44.8 Å². The second-order valence-electron chi connectivity index (χ2n) is 8.18. The van der Waals surface area contributed by atoms with E-state index in [9.17, 15) is 9.18 Å². The van der Waals surface area contributed by atoms with Gasteiger partial charge in [0.2, 0.25) is 0 Å². The number of morpholine rings is 1. The van der Waals surface area contributed by atoms with Crippen LogP contribution >= 0.6 is 0 Å². The number of likely N-dealkylation sites (tertiary alicyclic amines) is 1. The average molecular weight is 378 g/mol. The van der Waals surface area contributed by atoms with Crippen molar-refractivity contribution in [2.24, 2.45) is 0 Å². The number of nitrogens with zero attached hydrogens (tertiary/aromatic N) is 2. The standard InChI is InChI=1S/C21H32FN3O2/c1-21(2,24-11-13-27-14-12-24)16-23-20(26)25-10-5-3-4-9-19(25)17-7-6-8-18(22)15-17/h6-8,15,19H,3-5,9-14,16H2,1-2H3,(H,23,26)/t19-/m0/s1. The van der Waals surface area contributed by atoms with Gasteiger partial charge < -0.3 is 15.0 Å². The zero-order chi connectivity index (χ0) is 19.3. The highest BCUT2D eigenvalue weighted by Gasteiger charge is 2.31. The Morgan fingerprint density at radius 1 is 1.22 bits per heavy atom. The molecule has 1 N–H and O–H groups in total. The third-order valence-electron chi connectivity index (χ3n) is 5.79. The number of ether oxygens (including phenoxy) is 1. The molecule has 3 rings (SSSR count). The summed E-state index contributed by atoms with van der Waals surface area (Å²) in [6, 6.07) is 6.57. The molecule has 150 valence electrons. The van der Waals surface area contributed by atoms with E-state index in [1.807, 2.05) is 11.0 Å². The summed E-state index contributed by atoms with van der Waals surface area (Å²) in [6.07, 6.45) is 4.04. The first-order valence-corrected chi connectivity index (χ1v) is 10.1. The molecule has 2 aliphatic rings. The van der Waals surface area contributed by atoms with Gasteiger partial charge in [0.05, 0.1) is 19.3 Å². The molecule has 0 unspecified atom stereocenters. The molecule has 6 heteroatoms. The first-order valence-electron chi connectivity index (χ1n) is 10.1. The highest BCUT2D eigenvalue weighted by Crippen LogP contribution is 2.30. The van der Waals surface area contributed by atoms with Crippen molar-refractivity contribution in [3.63, 3.8) is 0 Å². The van der Waals surface area contributed by atoms with Crippen LogP contribution in [0.1, 0.15) is 51.1 Å². The van der Waals surface area contributed by atoms with Crippen LogP contribution in [0.2, 0.25) is 0 Å². The van der Waals surface area contributed by atoms with Gasteiger partial charge in [0.15, 0.2) is 0 Å². The maximum Gasteiger partial charge on any atom is 0.317 e. The van der Waals surface area contributed by atoms with Gasteiger partial charge >= 0.3 is 6.03 Å². The molecule has 0 spiro atoms. The Bertz CT molecular complexity index is 632.